The van der Waals surface area contributed by atoms with E-state index in [1.807, 2.05) is 19.1 Å². The average molecular weight is 241 g/mol. The Bertz CT molecular complexity index is 676. The molecule has 0 atom stereocenters. The topological polar surface area (TPSA) is 80.9 Å². The Morgan fingerprint density at radius 2 is 2.28 bits per heavy atom. The van der Waals surface area contributed by atoms with Gasteiger partial charge in [0.05, 0.1) is 24.6 Å². The molecule has 0 aliphatic rings. The number of aryl methyl sites for hydroxylation is 1. The molecular formula is C11H11N7. The Hall–Kier alpha value is -2.57. The van der Waals surface area contributed by atoms with Crippen LogP contribution in [0, 0.1) is 6.92 Å². The van der Waals surface area contributed by atoms with Crippen LogP contribution in [-0.4, -0.2) is 30.0 Å². The van der Waals surface area contributed by atoms with Gasteiger partial charge in [0, 0.05) is 6.20 Å². The van der Waals surface area contributed by atoms with Gasteiger partial charge in [-0.25, -0.2) is 0 Å². The van der Waals surface area contributed by atoms with Crippen LogP contribution in [0.3, 0.4) is 0 Å². The second-order valence-corrected chi connectivity index (χ2v) is 3.86. The highest BCUT2D eigenvalue weighted by Gasteiger charge is 2.04. The van der Waals surface area contributed by atoms with Gasteiger partial charge >= 0.3 is 0 Å². The molecular weight excluding hydrogens is 230 g/mol. The quantitative estimate of drug-likeness (QED) is 0.731. The molecule has 0 amide bonds. The van der Waals surface area contributed by atoms with Crippen molar-refractivity contribution in [1.29, 1.82) is 0 Å². The lowest BCUT2D eigenvalue weighted by Crippen LogP contribution is -2.08. The third-order valence-electron chi connectivity index (χ3n) is 2.66. The zero-order chi connectivity index (χ0) is 12.4. The van der Waals surface area contributed by atoms with Gasteiger partial charge < -0.3 is 5.32 Å². The summed E-state index contributed by atoms with van der Waals surface area (Å²) in [6.07, 6.45) is 5.07. The SMILES string of the molecule is Cc1cccnc1CNc1cncc2nnnn12. The van der Waals surface area contributed by atoms with Gasteiger partial charge in [-0.3, -0.25) is 9.97 Å². The van der Waals surface area contributed by atoms with Crippen LogP contribution in [0.15, 0.2) is 30.7 Å². The molecule has 1 N–H and O–H groups in total. The number of rotatable bonds is 3. The highest BCUT2D eigenvalue weighted by atomic mass is 15.5. The molecule has 0 bridgehead atoms. The molecule has 0 aliphatic heterocycles. The molecule has 0 radical (unpaired) electrons. The van der Waals surface area contributed by atoms with E-state index in [1.165, 1.54) is 0 Å². The Balaban J connectivity index is 1.85. The second kappa shape index (κ2) is 4.36. The first-order valence-electron chi connectivity index (χ1n) is 5.51. The maximum absolute atomic E-state index is 4.32. The Labute approximate surface area is 103 Å². The molecule has 0 spiro atoms. The van der Waals surface area contributed by atoms with Crippen LogP contribution in [0.1, 0.15) is 11.3 Å². The van der Waals surface area contributed by atoms with Gasteiger partial charge in [-0.15, -0.1) is 5.10 Å². The van der Waals surface area contributed by atoms with Crippen LogP contribution in [0.2, 0.25) is 0 Å². The van der Waals surface area contributed by atoms with Crippen LogP contribution in [0.4, 0.5) is 5.82 Å². The van der Waals surface area contributed by atoms with Gasteiger partial charge in [0.15, 0.2) is 11.5 Å². The molecule has 7 nitrogen and oxygen atoms in total. The van der Waals surface area contributed by atoms with Gasteiger partial charge in [0.25, 0.3) is 0 Å². The van der Waals surface area contributed by atoms with Gasteiger partial charge in [-0.2, -0.15) is 4.52 Å². The summed E-state index contributed by atoms with van der Waals surface area (Å²) in [5.41, 5.74) is 2.74. The summed E-state index contributed by atoms with van der Waals surface area (Å²) in [4.78, 5) is 8.39. The second-order valence-electron chi connectivity index (χ2n) is 3.86. The minimum atomic E-state index is 0.604. The summed E-state index contributed by atoms with van der Waals surface area (Å²) >= 11 is 0. The predicted octanol–water partition coefficient (Wildman–Crippen LogP) is 0.835. The molecule has 3 rings (SSSR count). The molecule has 0 aromatic carbocycles. The number of pyridine rings is 1. The van der Waals surface area contributed by atoms with Crippen molar-refractivity contribution < 1.29 is 0 Å². The first-order chi connectivity index (χ1) is 8.84. The van der Waals surface area contributed by atoms with Crippen LogP contribution >= 0.6 is 0 Å². The van der Waals surface area contributed by atoms with E-state index < -0.39 is 0 Å². The maximum atomic E-state index is 4.32. The van der Waals surface area contributed by atoms with E-state index in [4.69, 9.17) is 0 Å². The van der Waals surface area contributed by atoms with E-state index in [1.54, 1.807) is 23.1 Å². The number of nitrogens with zero attached hydrogens (tertiary/aromatic N) is 6. The van der Waals surface area contributed by atoms with Gasteiger partial charge in [-0.05, 0) is 29.0 Å². The van der Waals surface area contributed by atoms with Crippen molar-refractivity contribution in [2.75, 3.05) is 5.32 Å². The summed E-state index contributed by atoms with van der Waals surface area (Å²) < 4.78 is 1.60. The Morgan fingerprint density at radius 1 is 1.33 bits per heavy atom. The molecule has 3 aromatic rings. The molecule has 7 heteroatoms. The lowest BCUT2D eigenvalue weighted by Gasteiger charge is -2.07. The predicted molar refractivity (Wildman–Crippen MR) is 64.9 cm³/mol. The van der Waals surface area contributed by atoms with Crippen molar-refractivity contribution in [2.24, 2.45) is 0 Å². The van der Waals surface area contributed by atoms with Crippen molar-refractivity contribution in [3.05, 3.63) is 42.0 Å². The molecule has 0 aliphatic carbocycles. The number of fused-ring (bicyclic) bond motifs is 1. The number of aromatic nitrogens is 6. The first-order valence-corrected chi connectivity index (χ1v) is 5.51. The van der Waals surface area contributed by atoms with Crippen molar-refractivity contribution in [1.82, 2.24) is 30.0 Å². The van der Waals surface area contributed by atoms with E-state index >= 15 is 0 Å². The molecule has 0 unspecified atom stereocenters. The van der Waals surface area contributed by atoms with Gasteiger partial charge in [-0.1, -0.05) is 6.07 Å². The maximum Gasteiger partial charge on any atom is 0.199 e. The third-order valence-corrected chi connectivity index (χ3v) is 2.66. The fraction of sp³-hybridized carbons (Fsp3) is 0.182. The molecule has 0 fully saturated rings. The fourth-order valence-electron chi connectivity index (χ4n) is 1.67. The number of tetrazole rings is 1. The number of hydrogen-bond acceptors (Lipinski definition) is 6. The largest absolute Gasteiger partial charge is 0.363 e. The zero-order valence-electron chi connectivity index (χ0n) is 9.78. The first kappa shape index (κ1) is 10.6. The van der Waals surface area contributed by atoms with Crippen LogP contribution in [0.25, 0.3) is 5.65 Å². The molecule has 18 heavy (non-hydrogen) atoms. The van der Waals surface area contributed by atoms with E-state index in [-0.39, 0.29) is 0 Å². The highest BCUT2D eigenvalue weighted by molar-refractivity contribution is 5.44. The van der Waals surface area contributed by atoms with Crippen LogP contribution < -0.4 is 5.32 Å². The molecule has 0 saturated heterocycles. The summed E-state index contributed by atoms with van der Waals surface area (Å²) in [6, 6.07) is 3.95. The molecule has 3 heterocycles. The summed E-state index contributed by atoms with van der Waals surface area (Å²) in [7, 11) is 0. The minimum Gasteiger partial charge on any atom is -0.363 e. The summed E-state index contributed by atoms with van der Waals surface area (Å²) in [5, 5.41) is 14.5. The lowest BCUT2D eigenvalue weighted by atomic mass is 10.2. The number of hydrogen-bond donors (Lipinski definition) is 1. The zero-order valence-corrected chi connectivity index (χ0v) is 9.78. The third kappa shape index (κ3) is 1.86. The Morgan fingerprint density at radius 3 is 3.17 bits per heavy atom. The smallest absolute Gasteiger partial charge is 0.199 e. The van der Waals surface area contributed by atoms with Crippen LogP contribution in [0.5, 0.6) is 0 Å². The Kier molecular flexibility index (Phi) is 2.56. The van der Waals surface area contributed by atoms with E-state index in [9.17, 15) is 0 Å². The summed E-state index contributed by atoms with van der Waals surface area (Å²) in [6.45, 7) is 2.63. The number of anilines is 1. The van der Waals surface area contributed by atoms with E-state index in [0.717, 1.165) is 17.1 Å². The fourth-order valence-corrected chi connectivity index (χ4v) is 1.67. The summed E-state index contributed by atoms with van der Waals surface area (Å²) in [5.74, 6) is 0.738. The number of nitrogens with one attached hydrogen (secondary N) is 1. The average Bonchev–Trinajstić information content (AvgIpc) is 2.86. The molecule has 3 aromatic heterocycles. The van der Waals surface area contributed by atoms with Crippen molar-refractivity contribution in [3.8, 4) is 0 Å². The van der Waals surface area contributed by atoms with Crippen LogP contribution in [-0.2, 0) is 6.54 Å². The molecule has 0 saturated carbocycles. The molecule has 90 valence electrons. The normalized spacial score (nSPS) is 10.7. The lowest BCUT2D eigenvalue weighted by molar-refractivity contribution is 0.817. The van der Waals surface area contributed by atoms with E-state index in [0.29, 0.717) is 12.2 Å². The van der Waals surface area contributed by atoms with Crippen molar-refractivity contribution in [3.63, 3.8) is 0 Å². The van der Waals surface area contributed by atoms with Crippen molar-refractivity contribution in [2.45, 2.75) is 13.5 Å². The van der Waals surface area contributed by atoms with Crippen molar-refractivity contribution >= 4 is 11.5 Å². The van der Waals surface area contributed by atoms with Gasteiger partial charge in [0.2, 0.25) is 0 Å². The highest BCUT2D eigenvalue weighted by Crippen LogP contribution is 2.09. The standard InChI is InChI=1S/C11H11N7/c1-8-3-2-4-13-9(8)5-14-10-6-12-7-11-15-16-17-18(10)11/h2-4,6-7,14H,5H2,1H3. The van der Waals surface area contributed by atoms with E-state index in [2.05, 4.69) is 30.8 Å². The van der Waals surface area contributed by atoms with Gasteiger partial charge in [0.1, 0.15) is 0 Å². The minimum absolute atomic E-state index is 0.604. The monoisotopic (exact) mass is 241 g/mol.